The second-order valence-corrected chi connectivity index (χ2v) is 8.29. The van der Waals surface area contributed by atoms with E-state index < -0.39 is 4.92 Å². The molecule has 0 radical (unpaired) electrons. The Morgan fingerprint density at radius 1 is 1.26 bits per heavy atom. The standard InChI is InChI=1S/C22H24FN7O4/c1-13(2)19-26-21(33-28-19)16-8-10-29(11-9-16)20-18(30(31)32)22(25-12-24-20)34-27-14(3)15-4-6-17(23)7-5-15/h4-7,12-13,16H,8-11H2,1-3H3/b27-14-. The van der Waals surface area contributed by atoms with E-state index in [4.69, 9.17) is 9.36 Å². The average Bonchev–Trinajstić information content (AvgIpc) is 3.33. The minimum atomic E-state index is -0.577. The summed E-state index contributed by atoms with van der Waals surface area (Å²) in [7, 11) is 0. The van der Waals surface area contributed by atoms with Crippen LogP contribution in [0, 0.1) is 15.9 Å². The van der Waals surface area contributed by atoms with Crippen LogP contribution in [0.5, 0.6) is 5.88 Å². The highest BCUT2D eigenvalue weighted by Gasteiger charge is 2.33. The van der Waals surface area contributed by atoms with E-state index in [1.807, 2.05) is 18.7 Å². The van der Waals surface area contributed by atoms with Crippen LogP contribution < -0.4 is 9.74 Å². The van der Waals surface area contributed by atoms with Gasteiger partial charge in [0.1, 0.15) is 12.1 Å². The topological polar surface area (TPSA) is 133 Å². The first kappa shape index (κ1) is 23.2. The van der Waals surface area contributed by atoms with Gasteiger partial charge in [0.15, 0.2) is 5.82 Å². The molecule has 1 aromatic carbocycles. The number of oxime groups is 1. The highest BCUT2D eigenvalue weighted by atomic mass is 19.1. The molecule has 178 valence electrons. The summed E-state index contributed by atoms with van der Waals surface area (Å²) in [6, 6.07) is 5.66. The highest BCUT2D eigenvalue weighted by Crippen LogP contribution is 2.37. The third-order valence-electron chi connectivity index (χ3n) is 5.60. The fourth-order valence-corrected chi connectivity index (χ4v) is 3.65. The number of nitro groups is 1. The summed E-state index contributed by atoms with van der Waals surface area (Å²) in [5.74, 6) is 1.03. The maximum Gasteiger partial charge on any atom is 0.375 e. The molecule has 1 aliphatic heterocycles. The molecule has 0 unspecified atom stereocenters. The van der Waals surface area contributed by atoms with E-state index in [9.17, 15) is 14.5 Å². The number of nitrogens with zero attached hydrogens (tertiary/aromatic N) is 7. The van der Waals surface area contributed by atoms with E-state index in [0.717, 1.165) is 0 Å². The zero-order valence-corrected chi connectivity index (χ0v) is 19.0. The van der Waals surface area contributed by atoms with Crippen molar-refractivity contribution >= 4 is 17.2 Å². The smallest absolute Gasteiger partial charge is 0.351 e. The minimum Gasteiger partial charge on any atom is -0.351 e. The van der Waals surface area contributed by atoms with Gasteiger partial charge in [0.2, 0.25) is 11.7 Å². The molecule has 1 saturated heterocycles. The van der Waals surface area contributed by atoms with Crippen molar-refractivity contribution < 1.29 is 18.7 Å². The van der Waals surface area contributed by atoms with Gasteiger partial charge >= 0.3 is 11.6 Å². The Kier molecular flexibility index (Phi) is 6.75. The van der Waals surface area contributed by atoms with Gasteiger partial charge in [0, 0.05) is 24.9 Å². The lowest BCUT2D eigenvalue weighted by atomic mass is 9.96. The van der Waals surface area contributed by atoms with E-state index in [-0.39, 0.29) is 35.0 Å². The van der Waals surface area contributed by atoms with Crippen LogP contribution in [0.1, 0.15) is 62.7 Å². The van der Waals surface area contributed by atoms with Crippen molar-refractivity contribution in [2.75, 3.05) is 18.0 Å². The summed E-state index contributed by atoms with van der Waals surface area (Å²) in [4.78, 5) is 31.0. The number of anilines is 1. The molecule has 0 aliphatic carbocycles. The fourth-order valence-electron chi connectivity index (χ4n) is 3.65. The first-order valence-electron chi connectivity index (χ1n) is 10.9. The summed E-state index contributed by atoms with van der Waals surface area (Å²) in [6.07, 6.45) is 2.57. The van der Waals surface area contributed by atoms with Crippen LogP contribution in [0.3, 0.4) is 0 Å². The van der Waals surface area contributed by atoms with Gasteiger partial charge in [-0.2, -0.15) is 9.97 Å². The minimum absolute atomic E-state index is 0.0795. The van der Waals surface area contributed by atoms with Crippen LogP contribution >= 0.6 is 0 Å². The lowest BCUT2D eigenvalue weighted by molar-refractivity contribution is -0.385. The van der Waals surface area contributed by atoms with E-state index in [1.54, 1.807) is 6.92 Å². The molecule has 0 N–H and O–H groups in total. The predicted octanol–water partition coefficient (Wildman–Crippen LogP) is 4.22. The van der Waals surface area contributed by atoms with Crippen molar-refractivity contribution in [3.63, 3.8) is 0 Å². The first-order chi connectivity index (χ1) is 16.3. The molecule has 34 heavy (non-hydrogen) atoms. The fraction of sp³-hybridized carbons (Fsp3) is 0.409. The van der Waals surface area contributed by atoms with Gasteiger partial charge in [-0.1, -0.05) is 36.3 Å². The van der Waals surface area contributed by atoms with E-state index in [2.05, 4.69) is 25.3 Å². The number of hydrogen-bond donors (Lipinski definition) is 0. The summed E-state index contributed by atoms with van der Waals surface area (Å²) in [5.41, 5.74) is 0.661. The van der Waals surface area contributed by atoms with Gasteiger partial charge < -0.3 is 14.3 Å². The van der Waals surface area contributed by atoms with E-state index >= 15 is 0 Å². The van der Waals surface area contributed by atoms with Gasteiger partial charge in [-0.05, 0) is 37.5 Å². The molecule has 0 amide bonds. The zero-order chi connectivity index (χ0) is 24.2. The lowest BCUT2D eigenvalue weighted by Gasteiger charge is -2.30. The average molecular weight is 469 g/mol. The van der Waals surface area contributed by atoms with Gasteiger partial charge in [-0.15, -0.1) is 0 Å². The Bertz CT molecular complexity index is 1190. The zero-order valence-electron chi connectivity index (χ0n) is 19.0. The third kappa shape index (κ3) is 5.00. The second-order valence-electron chi connectivity index (χ2n) is 8.29. The molecule has 0 atom stereocenters. The Balaban J connectivity index is 1.50. The summed E-state index contributed by atoms with van der Waals surface area (Å²) in [5, 5.41) is 19.9. The third-order valence-corrected chi connectivity index (χ3v) is 5.60. The van der Waals surface area contributed by atoms with Gasteiger partial charge in [0.25, 0.3) is 0 Å². The Morgan fingerprint density at radius 3 is 2.59 bits per heavy atom. The van der Waals surface area contributed by atoms with Crippen LogP contribution in [0.2, 0.25) is 0 Å². The molecular weight excluding hydrogens is 445 g/mol. The van der Waals surface area contributed by atoms with Crippen molar-refractivity contribution in [2.45, 2.75) is 45.4 Å². The molecule has 1 fully saturated rings. The molecule has 2 aromatic heterocycles. The first-order valence-corrected chi connectivity index (χ1v) is 10.9. The summed E-state index contributed by atoms with van der Waals surface area (Å²) >= 11 is 0. The van der Waals surface area contributed by atoms with Gasteiger partial charge in [-0.3, -0.25) is 10.1 Å². The van der Waals surface area contributed by atoms with Crippen LogP contribution in [0.15, 0.2) is 40.3 Å². The lowest BCUT2D eigenvalue weighted by Crippen LogP contribution is -2.34. The maximum atomic E-state index is 13.1. The van der Waals surface area contributed by atoms with E-state index in [0.29, 0.717) is 48.9 Å². The van der Waals surface area contributed by atoms with Crippen LogP contribution in [-0.2, 0) is 0 Å². The van der Waals surface area contributed by atoms with Crippen LogP contribution in [0.25, 0.3) is 0 Å². The summed E-state index contributed by atoms with van der Waals surface area (Å²) in [6.45, 7) is 6.67. The predicted molar refractivity (Wildman–Crippen MR) is 121 cm³/mol. The quantitative estimate of drug-likeness (QED) is 0.283. The van der Waals surface area contributed by atoms with Crippen molar-refractivity contribution in [1.29, 1.82) is 0 Å². The van der Waals surface area contributed by atoms with Crippen LogP contribution in [0.4, 0.5) is 15.9 Å². The number of benzene rings is 1. The molecule has 3 heterocycles. The largest absolute Gasteiger partial charge is 0.375 e. The number of rotatable bonds is 7. The maximum absolute atomic E-state index is 13.1. The van der Waals surface area contributed by atoms with Crippen molar-refractivity contribution in [2.24, 2.45) is 5.16 Å². The van der Waals surface area contributed by atoms with Crippen molar-refractivity contribution in [1.82, 2.24) is 20.1 Å². The highest BCUT2D eigenvalue weighted by molar-refractivity contribution is 5.98. The number of aromatic nitrogens is 4. The van der Waals surface area contributed by atoms with Gasteiger partial charge in [0.05, 0.1) is 10.6 Å². The molecule has 0 bridgehead atoms. The van der Waals surface area contributed by atoms with E-state index in [1.165, 1.54) is 30.6 Å². The normalized spacial score (nSPS) is 15.1. The molecule has 3 aromatic rings. The second kappa shape index (κ2) is 9.89. The van der Waals surface area contributed by atoms with Crippen molar-refractivity contribution in [3.8, 4) is 5.88 Å². The Morgan fingerprint density at radius 2 is 1.97 bits per heavy atom. The molecule has 0 saturated carbocycles. The molecule has 12 heteroatoms. The SMILES string of the molecule is C/C(=N/Oc1ncnc(N2CCC(c3nc(C(C)C)no3)CC2)c1[N+](=O)[O-])c1ccc(F)cc1. The van der Waals surface area contributed by atoms with Crippen molar-refractivity contribution in [3.05, 3.63) is 63.8 Å². The monoisotopic (exact) mass is 469 g/mol. The molecule has 0 spiro atoms. The molecule has 4 rings (SSSR count). The number of piperidine rings is 1. The Hall–Kier alpha value is -3.96. The molecule has 1 aliphatic rings. The Labute approximate surface area is 194 Å². The summed E-state index contributed by atoms with van der Waals surface area (Å²) < 4.78 is 18.6. The van der Waals surface area contributed by atoms with Crippen LogP contribution in [-0.4, -0.2) is 43.8 Å². The number of hydrogen-bond acceptors (Lipinski definition) is 10. The number of halogens is 1. The van der Waals surface area contributed by atoms with Gasteiger partial charge in [-0.25, -0.2) is 9.37 Å². The molecular formula is C22H24FN7O4. The molecule has 11 nitrogen and oxygen atoms in total.